The van der Waals surface area contributed by atoms with Gasteiger partial charge in [-0.1, -0.05) is 18.2 Å². The van der Waals surface area contributed by atoms with E-state index >= 15 is 0 Å². The van der Waals surface area contributed by atoms with Gasteiger partial charge in [0.15, 0.2) is 0 Å². The van der Waals surface area contributed by atoms with Gasteiger partial charge in [-0.3, -0.25) is 0 Å². The van der Waals surface area contributed by atoms with Crippen molar-refractivity contribution in [3.05, 3.63) is 30.0 Å². The Kier molecular flexibility index (Phi) is 4.21. The third kappa shape index (κ3) is 2.63. The number of nitrogens with zero attached hydrogens (tertiary/aromatic N) is 3. The summed E-state index contributed by atoms with van der Waals surface area (Å²) in [5.74, 6) is 1.10. The number of hydrogen-bond donors (Lipinski definition) is 1. The van der Waals surface area contributed by atoms with Gasteiger partial charge in [-0.25, -0.2) is 4.98 Å². The van der Waals surface area contributed by atoms with Crippen molar-refractivity contribution in [3.63, 3.8) is 0 Å². The molecule has 4 nitrogen and oxygen atoms in total. The molecule has 3 rings (SSSR count). The molecule has 118 valence electrons. The minimum absolute atomic E-state index is 0.577. The first-order valence-electron chi connectivity index (χ1n) is 8.09. The maximum atomic E-state index is 4.76. The molecule has 4 heteroatoms. The van der Waals surface area contributed by atoms with Crippen molar-refractivity contribution < 1.29 is 0 Å². The van der Waals surface area contributed by atoms with Crippen LogP contribution in [0.15, 0.2) is 24.4 Å². The molecule has 0 unspecified atom stereocenters. The van der Waals surface area contributed by atoms with Crippen LogP contribution in [0.2, 0.25) is 0 Å². The van der Waals surface area contributed by atoms with Crippen LogP contribution < -0.4 is 10.2 Å². The first kappa shape index (κ1) is 15.1. The molecule has 1 fully saturated rings. The zero-order chi connectivity index (χ0) is 15.7. The highest BCUT2D eigenvalue weighted by Gasteiger charge is 2.23. The van der Waals surface area contributed by atoms with Gasteiger partial charge in [0, 0.05) is 30.9 Å². The zero-order valence-electron chi connectivity index (χ0n) is 14.1. The van der Waals surface area contributed by atoms with E-state index in [0.717, 1.165) is 11.5 Å². The lowest BCUT2D eigenvalue weighted by atomic mass is 10.0. The number of hydrogen-bond acceptors (Lipinski definition) is 4. The van der Waals surface area contributed by atoms with Crippen LogP contribution in [0.1, 0.15) is 18.4 Å². The Balaban J connectivity index is 2.02. The number of aryl methyl sites for hydroxylation is 1. The SMILES string of the molecule is CNc1cnc(N(C)C2CCN(C)CC2)c2cccc(C)c12. The second-order valence-corrected chi connectivity index (χ2v) is 6.39. The molecule has 1 N–H and O–H groups in total. The third-order valence-electron chi connectivity index (χ3n) is 4.94. The van der Waals surface area contributed by atoms with Crippen LogP contribution in [-0.2, 0) is 0 Å². The number of aromatic nitrogens is 1. The molecular formula is C18H26N4. The van der Waals surface area contributed by atoms with Crippen LogP contribution >= 0.6 is 0 Å². The van der Waals surface area contributed by atoms with Gasteiger partial charge >= 0.3 is 0 Å². The van der Waals surface area contributed by atoms with Crippen molar-refractivity contribution in [3.8, 4) is 0 Å². The summed E-state index contributed by atoms with van der Waals surface area (Å²) in [4.78, 5) is 9.55. The maximum absolute atomic E-state index is 4.76. The van der Waals surface area contributed by atoms with E-state index in [2.05, 4.69) is 54.3 Å². The molecule has 1 aliphatic rings. The fourth-order valence-electron chi connectivity index (χ4n) is 3.50. The van der Waals surface area contributed by atoms with Crippen LogP contribution in [0.4, 0.5) is 11.5 Å². The number of fused-ring (bicyclic) bond motifs is 1. The summed E-state index contributed by atoms with van der Waals surface area (Å²) in [5.41, 5.74) is 2.40. The predicted octanol–water partition coefficient (Wildman–Crippen LogP) is 3.12. The highest BCUT2D eigenvalue weighted by Crippen LogP contribution is 2.33. The van der Waals surface area contributed by atoms with E-state index in [4.69, 9.17) is 4.98 Å². The van der Waals surface area contributed by atoms with Crippen molar-refractivity contribution in [2.75, 3.05) is 44.4 Å². The molecule has 0 atom stereocenters. The molecule has 1 aliphatic heterocycles. The van der Waals surface area contributed by atoms with E-state index in [9.17, 15) is 0 Å². The highest BCUT2D eigenvalue weighted by molar-refractivity contribution is 6.02. The monoisotopic (exact) mass is 298 g/mol. The fraction of sp³-hybridized carbons (Fsp3) is 0.500. The highest BCUT2D eigenvalue weighted by atomic mass is 15.2. The number of likely N-dealkylation sites (tertiary alicyclic amines) is 1. The number of rotatable bonds is 3. The maximum Gasteiger partial charge on any atom is 0.136 e. The predicted molar refractivity (Wildman–Crippen MR) is 94.9 cm³/mol. The van der Waals surface area contributed by atoms with Gasteiger partial charge in [0.25, 0.3) is 0 Å². The lowest BCUT2D eigenvalue weighted by Crippen LogP contribution is -2.42. The number of benzene rings is 1. The number of pyridine rings is 1. The third-order valence-corrected chi connectivity index (χ3v) is 4.94. The number of nitrogens with one attached hydrogen (secondary N) is 1. The summed E-state index contributed by atoms with van der Waals surface area (Å²) in [5, 5.41) is 5.81. The molecule has 0 amide bonds. The molecule has 0 bridgehead atoms. The second kappa shape index (κ2) is 6.13. The van der Waals surface area contributed by atoms with E-state index in [1.807, 2.05) is 13.2 Å². The summed E-state index contributed by atoms with van der Waals surface area (Å²) in [6, 6.07) is 7.07. The summed E-state index contributed by atoms with van der Waals surface area (Å²) >= 11 is 0. The van der Waals surface area contributed by atoms with E-state index in [1.165, 1.54) is 42.3 Å². The summed E-state index contributed by atoms with van der Waals surface area (Å²) < 4.78 is 0. The first-order chi connectivity index (χ1) is 10.6. The average molecular weight is 298 g/mol. The van der Waals surface area contributed by atoms with Gasteiger partial charge in [-0.05, 0) is 45.5 Å². The Morgan fingerprint density at radius 3 is 2.68 bits per heavy atom. The fourth-order valence-corrected chi connectivity index (χ4v) is 3.50. The van der Waals surface area contributed by atoms with Crippen molar-refractivity contribution in [2.24, 2.45) is 0 Å². The first-order valence-corrected chi connectivity index (χ1v) is 8.09. The van der Waals surface area contributed by atoms with Gasteiger partial charge in [0.1, 0.15) is 5.82 Å². The Hall–Kier alpha value is -1.81. The van der Waals surface area contributed by atoms with Crippen LogP contribution in [0, 0.1) is 6.92 Å². The Morgan fingerprint density at radius 1 is 1.27 bits per heavy atom. The van der Waals surface area contributed by atoms with Crippen LogP contribution in [0.25, 0.3) is 10.8 Å². The van der Waals surface area contributed by atoms with E-state index < -0.39 is 0 Å². The minimum atomic E-state index is 0.577. The standard InChI is InChI=1S/C18H26N4/c1-13-6-5-7-15-17(13)16(19-2)12-20-18(15)22(4)14-8-10-21(3)11-9-14/h5-7,12,14,19H,8-11H2,1-4H3. The molecule has 22 heavy (non-hydrogen) atoms. The Labute approximate surface area is 133 Å². The molecule has 0 spiro atoms. The molecular weight excluding hydrogens is 272 g/mol. The quantitative estimate of drug-likeness (QED) is 0.943. The molecule has 1 aromatic carbocycles. The van der Waals surface area contributed by atoms with Gasteiger partial charge < -0.3 is 15.1 Å². The lowest BCUT2D eigenvalue weighted by Gasteiger charge is -2.36. The van der Waals surface area contributed by atoms with Gasteiger partial charge in [-0.15, -0.1) is 0 Å². The summed E-state index contributed by atoms with van der Waals surface area (Å²) in [6.45, 7) is 4.50. The van der Waals surface area contributed by atoms with Crippen molar-refractivity contribution in [1.82, 2.24) is 9.88 Å². The lowest BCUT2D eigenvalue weighted by molar-refractivity contribution is 0.252. The molecule has 0 saturated carbocycles. The average Bonchev–Trinajstić information content (AvgIpc) is 2.54. The molecule has 2 heterocycles. The van der Waals surface area contributed by atoms with Gasteiger partial charge in [0.2, 0.25) is 0 Å². The molecule has 1 aromatic heterocycles. The van der Waals surface area contributed by atoms with Crippen LogP contribution in [0.5, 0.6) is 0 Å². The van der Waals surface area contributed by atoms with Crippen molar-refractivity contribution in [2.45, 2.75) is 25.8 Å². The van der Waals surface area contributed by atoms with Crippen molar-refractivity contribution in [1.29, 1.82) is 0 Å². The zero-order valence-corrected chi connectivity index (χ0v) is 14.1. The van der Waals surface area contributed by atoms with Crippen LogP contribution in [0.3, 0.4) is 0 Å². The Morgan fingerprint density at radius 2 is 2.00 bits per heavy atom. The van der Waals surface area contributed by atoms with Gasteiger partial charge in [0.05, 0.1) is 11.9 Å². The van der Waals surface area contributed by atoms with E-state index in [1.54, 1.807) is 0 Å². The second-order valence-electron chi connectivity index (χ2n) is 6.39. The molecule has 2 aromatic rings. The molecule has 0 radical (unpaired) electrons. The van der Waals surface area contributed by atoms with Gasteiger partial charge in [-0.2, -0.15) is 0 Å². The van der Waals surface area contributed by atoms with E-state index in [-0.39, 0.29) is 0 Å². The molecule has 0 aliphatic carbocycles. The summed E-state index contributed by atoms with van der Waals surface area (Å²) in [6.07, 6.45) is 4.38. The molecule has 1 saturated heterocycles. The Bertz CT molecular complexity index is 659. The smallest absolute Gasteiger partial charge is 0.136 e. The summed E-state index contributed by atoms with van der Waals surface area (Å²) in [7, 11) is 6.36. The van der Waals surface area contributed by atoms with E-state index in [0.29, 0.717) is 6.04 Å². The number of anilines is 2. The minimum Gasteiger partial charge on any atom is -0.386 e. The number of piperidine rings is 1. The normalized spacial score (nSPS) is 16.9. The van der Waals surface area contributed by atoms with Crippen molar-refractivity contribution >= 4 is 22.3 Å². The van der Waals surface area contributed by atoms with Crippen LogP contribution in [-0.4, -0.2) is 50.2 Å². The largest absolute Gasteiger partial charge is 0.386 e. The topological polar surface area (TPSA) is 31.4 Å².